The van der Waals surface area contributed by atoms with Crippen molar-refractivity contribution in [3.05, 3.63) is 71.8 Å². The van der Waals surface area contributed by atoms with Crippen LogP contribution in [0.3, 0.4) is 0 Å². The molecule has 0 aliphatic heterocycles. The summed E-state index contributed by atoms with van der Waals surface area (Å²) in [6, 6.07) is 10.6. The molecule has 0 aromatic heterocycles. The molecule has 0 bridgehead atoms. The van der Waals surface area contributed by atoms with Crippen LogP contribution in [0.4, 0.5) is 0 Å². The van der Waals surface area contributed by atoms with Gasteiger partial charge in [0.2, 0.25) is 35.4 Å². The number of nitrogens with two attached hydrogens (primary N) is 4. The lowest BCUT2D eigenvalue weighted by Gasteiger charge is -2.28. The smallest absolute Gasteiger partial charge is 0.245 e. The highest BCUT2D eigenvalue weighted by Gasteiger charge is 2.34. The SMILES string of the molecule is CC(C)C[C@H](NC(=O)[C@H](NC(=O)[C@H](N)Cc1ccccc1)[C@H](C)O)C(=O)N[C@H](CS)C(=O)N[C@@H](Cc1ccccc1)C(=O)N[C@H](CCCN=C(N)N)C(N)=O. The Kier molecular flexibility index (Phi) is 19.7. The van der Waals surface area contributed by atoms with Gasteiger partial charge in [0.25, 0.3) is 0 Å². The van der Waals surface area contributed by atoms with Gasteiger partial charge in [-0.1, -0.05) is 74.5 Å². The van der Waals surface area contributed by atoms with Gasteiger partial charge in [0.15, 0.2) is 5.96 Å². The van der Waals surface area contributed by atoms with E-state index >= 15 is 0 Å². The number of nitrogens with zero attached hydrogens (tertiary/aromatic N) is 1. The zero-order valence-corrected chi connectivity index (χ0v) is 32.3. The Morgan fingerprint density at radius 3 is 1.67 bits per heavy atom. The van der Waals surface area contributed by atoms with Gasteiger partial charge in [0.1, 0.15) is 30.2 Å². The lowest BCUT2D eigenvalue weighted by molar-refractivity contribution is -0.136. The Balaban J connectivity index is 2.20. The summed E-state index contributed by atoms with van der Waals surface area (Å²) in [5.74, 6) is -4.96. The highest BCUT2D eigenvalue weighted by Crippen LogP contribution is 2.10. The molecule has 14 N–H and O–H groups in total. The van der Waals surface area contributed by atoms with Gasteiger partial charge in [0.05, 0.1) is 12.1 Å². The van der Waals surface area contributed by atoms with Crippen LogP contribution in [0.25, 0.3) is 0 Å². The standard InChI is InChI=1S/C37H56N10O7S/c1-21(2)17-27(45-36(54)30(22(3)48)47-32(50)25(38)18-23-11-6-4-7-12-23)33(51)46-29(20-55)35(53)44-28(19-24-13-8-5-9-14-24)34(52)43-26(31(39)49)15-10-16-42-37(40)41/h4-9,11-14,21-22,25-30,48,55H,10,15-20,38H2,1-3H3,(H2,39,49)(H,43,52)(H,44,53)(H,45,54)(H,46,51)(H,47,50)(H4,40,41,42)/t22-,25+,26+,27-,28-,29+,30+/m0/s1. The number of nitrogens with one attached hydrogen (secondary N) is 5. The summed E-state index contributed by atoms with van der Waals surface area (Å²) in [5.41, 5.74) is 23.8. The van der Waals surface area contributed by atoms with Crippen molar-refractivity contribution < 1.29 is 33.9 Å². The van der Waals surface area contributed by atoms with Gasteiger partial charge in [0, 0.05) is 18.7 Å². The normalized spacial score (nSPS) is 14.8. The van der Waals surface area contributed by atoms with E-state index in [1.54, 1.807) is 54.6 Å². The lowest BCUT2D eigenvalue weighted by Crippen LogP contribution is -2.61. The first-order valence-electron chi connectivity index (χ1n) is 18.0. The monoisotopic (exact) mass is 784 g/mol. The molecule has 0 radical (unpaired) electrons. The molecule has 7 atom stereocenters. The number of carbonyl (C=O) groups excluding carboxylic acids is 6. The van der Waals surface area contributed by atoms with Crippen molar-refractivity contribution in [1.29, 1.82) is 0 Å². The maximum absolute atomic E-state index is 13.6. The van der Waals surface area contributed by atoms with E-state index in [0.717, 1.165) is 5.56 Å². The second-order valence-corrected chi connectivity index (χ2v) is 14.0. The predicted octanol–water partition coefficient (Wildman–Crippen LogP) is -1.88. The van der Waals surface area contributed by atoms with Crippen LogP contribution in [0.1, 0.15) is 51.2 Å². The van der Waals surface area contributed by atoms with Crippen molar-refractivity contribution in [2.24, 2.45) is 33.8 Å². The summed E-state index contributed by atoms with van der Waals surface area (Å²) in [6.45, 7) is 5.15. The summed E-state index contributed by atoms with van der Waals surface area (Å²) in [7, 11) is 0. The van der Waals surface area contributed by atoms with Crippen molar-refractivity contribution in [2.45, 2.75) is 95.2 Å². The zero-order chi connectivity index (χ0) is 41.1. The first-order chi connectivity index (χ1) is 26.0. The topological polar surface area (TPSA) is 299 Å². The van der Waals surface area contributed by atoms with Gasteiger partial charge in [-0.25, -0.2) is 0 Å². The van der Waals surface area contributed by atoms with Gasteiger partial charge in [-0.15, -0.1) is 0 Å². The number of amides is 6. The van der Waals surface area contributed by atoms with E-state index in [9.17, 15) is 33.9 Å². The number of benzene rings is 2. The minimum absolute atomic E-state index is 0.0264. The molecule has 55 heavy (non-hydrogen) atoms. The molecule has 6 amide bonds. The molecule has 302 valence electrons. The maximum atomic E-state index is 13.6. The van der Waals surface area contributed by atoms with E-state index < -0.39 is 77.8 Å². The molecular weight excluding hydrogens is 729 g/mol. The van der Waals surface area contributed by atoms with E-state index in [-0.39, 0.29) is 49.9 Å². The lowest BCUT2D eigenvalue weighted by atomic mass is 10.0. The van der Waals surface area contributed by atoms with Crippen LogP contribution in [-0.2, 0) is 41.6 Å². The molecule has 17 nitrogen and oxygen atoms in total. The number of hydrogen-bond donors (Lipinski definition) is 11. The summed E-state index contributed by atoms with van der Waals surface area (Å²) in [6.07, 6.45) is -0.557. The molecule has 0 spiro atoms. The number of thiol groups is 1. The Morgan fingerprint density at radius 1 is 0.673 bits per heavy atom. The average molecular weight is 785 g/mol. The van der Waals surface area contributed by atoms with Crippen LogP contribution in [0.5, 0.6) is 0 Å². The van der Waals surface area contributed by atoms with E-state index in [1.807, 2.05) is 19.9 Å². The molecule has 2 aromatic carbocycles. The summed E-state index contributed by atoms with van der Waals surface area (Å²) in [4.78, 5) is 83.2. The third kappa shape index (κ3) is 16.8. The molecule has 18 heteroatoms. The van der Waals surface area contributed by atoms with E-state index in [1.165, 1.54) is 6.92 Å². The number of primary amides is 1. The number of aliphatic imine (C=N–C) groups is 1. The highest BCUT2D eigenvalue weighted by molar-refractivity contribution is 7.80. The van der Waals surface area contributed by atoms with Gasteiger partial charge < -0.3 is 54.6 Å². The van der Waals surface area contributed by atoms with Crippen molar-refractivity contribution in [3.8, 4) is 0 Å². The van der Waals surface area contributed by atoms with E-state index in [0.29, 0.717) is 12.0 Å². The third-order valence-corrected chi connectivity index (χ3v) is 8.74. The van der Waals surface area contributed by atoms with Crippen molar-refractivity contribution in [2.75, 3.05) is 12.3 Å². The molecule has 2 aromatic rings. The van der Waals surface area contributed by atoms with Crippen molar-refractivity contribution in [3.63, 3.8) is 0 Å². The van der Waals surface area contributed by atoms with Gasteiger partial charge in [-0.05, 0) is 49.7 Å². The molecule has 0 aliphatic rings. The van der Waals surface area contributed by atoms with Crippen LogP contribution >= 0.6 is 12.6 Å². The molecular formula is C37H56N10O7S. The number of guanidine groups is 1. The van der Waals surface area contributed by atoms with Crippen LogP contribution in [0, 0.1) is 5.92 Å². The van der Waals surface area contributed by atoms with Crippen LogP contribution in [-0.4, -0.2) is 101 Å². The summed E-state index contributed by atoms with van der Waals surface area (Å²) in [5, 5.41) is 23.3. The predicted molar refractivity (Wildman–Crippen MR) is 212 cm³/mol. The number of hydrogen-bond acceptors (Lipinski definition) is 10. The molecule has 0 saturated heterocycles. The molecule has 0 heterocycles. The highest BCUT2D eigenvalue weighted by atomic mass is 32.1. The molecule has 0 fully saturated rings. The number of aliphatic hydroxyl groups excluding tert-OH is 1. The fraction of sp³-hybridized carbons (Fsp3) is 0.486. The van der Waals surface area contributed by atoms with E-state index in [4.69, 9.17) is 22.9 Å². The number of aliphatic hydroxyl groups is 1. The fourth-order valence-electron chi connectivity index (χ4n) is 5.45. The fourth-order valence-corrected chi connectivity index (χ4v) is 5.71. The van der Waals surface area contributed by atoms with Crippen molar-refractivity contribution >= 4 is 54.0 Å². The Hall–Kier alpha value is -5.20. The first-order valence-corrected chi connectivity index (χ1v) is 18.6. The quantitative estimate of drug-likeness (QED) is 0.0258. The molecule has 0 unspecified atom stereocenters. The largest absolute Gasteiger partial charge is 0.391 e. The maximum Gasteiger partial charge on any atom is 0.245 e. The first kappa shape index (κ1) is 46.0. The van der Waals surface area contributed by atoms with Gasteiger partial charge in [-0.2, -0.15) is 12.6 Å². The number of carbonyl (C=O) groups is 6. The van der Waals surface area contributed by atoms with Crippen LogP contribution in [0.15, 0.2) is 65.7 Å². The van der Waals surface area contributed by atoms with E-state index in [2.05, 4.69) is 44.2 Å². The average Bonchev–Trinajstić information content (AvgIpc) is 3.13. The second-order valence-electron chi connectivity index (χ2n) is 13.6. The minimum Gasteiger partial charge on any atom is -0.391 e. The number of rotatable bonds is 23. The Bertz CT molecular complexity index is 1590. The van der Waals surface area contributed by atoms with Crippen LogP contribution in [0.2, 0.25) is 0 Å². The molecule has 0 aliphatic carbocycles. The van der Waals surface area contributed by atoms with Gasteiger partial charge in [-0.3, -0.25) is 33.8 Å². The Labute approximate surface area is 327 Å². The minimum atomic E-state index is -1.45. The van der Waals surface area contributed by atoms with Gasteiger partial charge >= 0.3 is 0 Å². The third-order valence-electron chi connectivity index (χ3n) is 8.37. The zero-order valence-electron chi connectivity index (χ0n) is 31.4. The molecule has 2 rings (SSSR count). The van der Waals surface area contributed by atoms with Crippen LogP contribution < -0.4 is 49.5 Å². The van der Waals surface area contributed by atoms with Crippen molar-refractivity contribution in [1.82, 2.24) is 26.6 Å². The second kappa shape index (κ2) is 23.6. The summed E-state index contributed by atoms with van der Waals surface area (Å²) >= 11 is 4.26. The Morgan fingerprint density at radius 2 is 1.16 bits per heavy atom. The summed E-state index contributed by atoms with van der Waals surface area (Å²) < 4.78 is 0. The molecule has 0 saturated carbocycles.